The second kappa shape index (κ2) is 8.14. The number of imide groups is 1. The first kappa shape index (κ1) is 21.0. The van der Waals surface area contributed by atoms with Crippen LogP contribution in [-0.2, 0) is 9.53 Å². The van der Waals surface area contributed by atoms with Gasteiger partial charge in [0.05, 0.1) is 22.8 Å². The Bertz CT molecular complexity index is 987. The molecule has 1 atom stereocenters. The molecule has 0 spiro atoms. The van der Waals surface area contributed by atoms with E-state index in [4.69, 9.17) is 4.74 Å². The molecule has 1 N–H and O–H groups in total. The molecule has 0 aromatic heterocycles. The van der Waals surface area contributed by atoms with Gasteiger partial charge in [-0.1, -0.05) is 19.3 Å². The largest absolute Gasteiger partial charge is 0.452 e. The summed E-state index contributed by atoms with van der Waals surface area (Å²) in [5.41, 5.74) is -0.380. The van der Waals surface area contributed by atoms with Crippen molar-refractivity contribution in [3.63, 3.8) is 0 Å². The quantitative estimate of drug-likeness (QED) is 0.555. The number of nitrogens with one attached hydrogen (secondary N) is 1. The minimum atomic E-state index is -0.966. The van der Waals surface area contributed by atoms with E-state index >= 15 is 0 Å². The number of nitrogens with zero attached hydrogens (tertiary/aromatic N) is 2. The Hall–Kier alpha value is -3.21. The molecule has 2 fully saturated rings. The number of esters is 1. The van der Waals surface area contributed by atoms with Crippen LogP contribution in [0.5, 0.6) is 0 Å². The van der Waals surface area contributed by atoms with Crippen LogP contribution in [0.1, 0.15) is 82.9 Å². The molecule has 4 rings (SSSR count). The van der Waals surface area contributed by atoms with Crippen LogP contribution < -0.4 is 5.32 Å². The topological polar surface area (TPSA) is 117 Å². The molecule has 0 unspecified atom stereocenters. The van der Waals surface area contributed by atoms with Gasteiger partial charge in [0.25, 0.3) is 17.7 Å². The molecule has 8 heteroatoms. The maximum absolute atomic E-state index is 12.9. The van der Waals surface area contributed by atoms with Crippen LogP contribution in [0.25, 0.3) is 0 Å². The standard InChI is InChI=1S/C23H25N3O5/c1-23(13-24,15-8-9-15)25-19(27)12-31-22(30)14-7-10-17-18(11-14)21(29)26(20(17)28)16-5-3-2-4-6-16/h7,10-11,15-16H,2-6,8-9,12H2,1H3,(H,25,27)/t23-/m0/s1. The van der Waals surface area contributed by atoms with E-state index in [9.17, 15) is 24.4 Å². The number of rotatable bonds is 6. The van der Waals surface area contributed by atoms with E-state index in [2.05, 4.69) is 11.4 Å². The molecule has 31 heavy (non-hydrogen) atoms. The summed E-state index contributed by atoms with van der Waals surface area (Å²) in [5, 5.41) is 11.9. The maximum atomic E-state index is 12.9. The highest BCUT2D eigenvalue weighted by Crippen LogP contribution is 2.39. The number of hydrogen-bond donors (Lipinski definition) is 1. The highest BCUT2D eigenvalue weighted by Gasteiger charge is 2.43. The first-order valence-corrected chi connectivity index (χ1v) is 10.8. The zero-order valence-corrected chi connectivity index (χ0v) is 17.5. The number of hydrogen-bond acceptors (Lipinski definition) is 6. The lowest BCUT2D eigenvalue weighted by molar-refractivity contribution is -0.125. The summed E-state index contributed by atoms with van der Waals surface area (Å²) in [7, 11) is 0. The third kappa shape index (κ3) is 4.05. The van der Waals surface area contributed by atoms with Crippen LogP contribution >= 0.6 is 0 Å². The van der Waals surface area contributed by atoms with Crippen molar-refractivity contribution in [2.45, 2.75) is 63.5 Å². The van der Waals surface area contributed by atoms with Gasteiger partial charge in [0.1, 0.15) is 5.54 Å². The van der Waals surface area contributed by atoms with Gasteiger partial charge in [-0.05, 0) is 56.7 Å². The Labute approximate surface area is 180 Å². The van der Waals surface area contributed by atoms with Crippen LogP contribution in [0.2, 0.25) is 0 Å². The van der Waals surface area contributed by atoms with Gasteiger partial charge in [0.2, 0.25) is 0 Å². The zero-order chi connectivity index (χ0) is 22.2. The molecule has 0 bridgehead atoms. The lowest BCUT2D eigenvalue weighted by atomic mass is 9.94. The summed E-state index contributed by atoms with van der Waals surface area (Å²) in [6.45, 7) is 1.13. The second-order valence-corrected chi connectivity index (χ2v) is 8.75. The Morgan fingerprint density at radius 3 is 2.45 bits per heavy atom. The molecule has 0 radical (unpaired) electrons. The SMILES string of the molecule is C[C@@](C#N)(NC(=O)COC(=O)c1ccc2c(c1)C(=O)N(C1CCCCC1)C2=O)C1CC1. The van der Waals surface area contributed by atoms with Gasteiger partial charge in [0.15, 0.2) is 6.61 Å². The maximum Gasteiger partial charge on any atom is 0.338 e. The monoisotopic (exact) mass is 423 g/mol. The van der Waals surface area contributed by atoms with E-state index in [0.717, 1.165) is 44.9 Å². The van der Waals surface area contributed by atoms with Gasteiger partial charge in [-0.25, -0.2) is 4.79 Å². The van der Waals surface area contributed by atoms with E-state index < -0.39 is 24.0 Å². The molecular weight excluding hydrogens is 398 g/mol. The van der Waals surface area contributed by atoms with E-state index in [-0.39, 0.29) is 34.9 Å². The number of ether oxygens (including phenoxy) is 1. The van der Waals surface area contributed by atoms with Gasteiger partial charge in [-0.3, -0.25) is 19.3 Å². The lowest BCUT2D eigenvalue weighted by Gasteiger charge is -2.29. The van der Waals surface area contributed by atoms with Crippen LogP contribution in [0.4, 0.5) is 0 Å². The number of carbonyl (C=O) groups is 4. The van der Waals surface area contributed by atoms with Crippen LogP contribution in [0, 0.1) is 17.2 Å². The summed E-state index contributed by atoms with van der Waals surface area (Å²) in [4.78, 5) is 51.5. The fraction of sp³-hybridized carbons (Fsp3) is 0.522. The fourth-order valence-electron chi connectivity index (χ4n) is 4.48. The molecule has 162 valence electrons. The first-order valence-electron chi connectivity index (χ1n) is 10.8. The van der Waals surface area contributed by atoms with E-state index in [1.807, 2.05) is 0 Å². The van der Waals surface area contributed by atoms with E-state index in [0.29, 0.717) is 5.56 Å². The Kier molecular flexibility index (Phi) is 5.52. The third-order valence-electron chi connectivity index (χ3n) is 6.45. The van der Waals surface area contributed by atoms with Gasteiger partial charge in [-0.15, -0.1) is 0 Å². The van der Waals surface area contributed by atoms with Crippen molar-refractivity contribution >= 4 is 23.7 Å². The molecular formula is C23H25N3O5. The molecule has 2 aliphatic carbocycles. The molecule has 0 saturated heterocycles. The average Bonchev–Trinajstić information content (AvgIpc) is 3.60. The summed E-state index contributed by atoms with van der Waals surface area (Å²) in [5.74, 6) is -1.90. The van der Waals surface area contributed by atoms with Crippen molar-refractivity contribution in [1.29, 1.82) is 5.26 Å². The fourth-order valence-corrected chi connectivity index (χ4v) is 4.48. The Balaban J connectivity index is 1.40. The first-order chi connectivity index (χ1) is 14.8. The second-order valence-electron chi connectivity index (χ2n) is 8.75. The van der Waals surface area contributed by atoms with Crippen molar-refractivity contribution in [1.82, 2.24) is 10.2 Å². The van der Waals surface area contributed by atoms with Gasteiger partial charge < -0.3 is 10.1 Å². The van der Waals surface area contributed by atoms with Crippen molar-refractivity contribution in [3.05, 3.63) is 34.9 Å². The van der Waals surface area contributed by atoms with Crippen LogP contribution in [-0.4, -0.2) is 46.8 Å². The molecule has 3 amide bonds. The molecule has 2 saturated carbocycles. The number of fused-ring (bicyclic) bond motifs is 1. The molecule has 1 heterocycles. The summed E-state index contributed by atoms with van der Waals surface area (Å²) in [6, 6.07) is 6.28. The molecule has 1 aromatic carbocycles. The molecule has 1 aromatic rings. The highest BCUT2D eigenvalue weighted by molar-refractivity contribution is 6.22. The van der Waals surface area contributed by atoms with E-state index in [1.165, 1.54) is 23.1 Å². The normalized spacial score (nSPS) is 20.6. The van der Waals surface area contributed by atoms with Gasteiger partial charge in [-0.2, -0.15) is 5.26 Å². The molecule has 3 aliphatic rings. The minimum absolute atomic E-state index is 0.0961. The van der Waals surface area contributed by atoms with Gasteiger partial charge >= 0.3 is 5.97 Å². The smallest absolute Gasteiger partial charge is 0.338 e. The highest BCUT2D eigenvalue weighted by atomic mass is 16.5. The van der Waals surface area contributed by atoms with Crippen molar-refractivity contribution < 1.29 is 23.9 Å². The van der Waals surface area contributed by atoms with Crippen molar-refractivity contribution in [3.8, 4) is 6.07 Å². The molecule has 1 aliphatic heterocycles. The lowest BCUT2D eigenvalue weighted by Crippen LogP contribution is -2.48. The van der Waals surface area contributed by atoms with Crippen molar-refractivity contribution in [2.75, 3.05) is 6.61 Å². The Morgan fingerprint density at radius 2 is 1.81 bits per heavy atom. The predicted molar refractivity (Wildman–Crippen MR) is 109 cm³/mol. The minimum Gasteiger partial charge on any atom is -0.452 e. The number of nitriles is 1. The van der Waals surface area contributed by atoms with Gasteiger partial charge in [0, 0.05) is 6.04 Å². The summed E-state index contributed by atoms with van der Waals surface area (Å²) in [6.07, 6.45) is 6.45. The summed E-state index contributed by atoms with van der Waals surface area (Å²) < 4.78 is 5.08. The third-order valence-corrected chi connectivity index (χ3v) is 6.45. The average molecular weight is 423 g/mol. The summed E-state index contributed by atoms with van der Waals surface area (Å²) >= 11 is 0. The predicted octanol–water partition coefficient (Wildman–Crippen LogP) is 2.58. The van der Waals surface area contributed by atoms with Crippen molar-refractivity contribution in [2.24, 2.45) is 5.92 Å². The zero-order valence-electron chi connectivity index (χ0n) is 17.5. The Morgan fingerprint density at radius 1 is 1.13 bits per heavy atom. The number of amides is 3. The number of benzene rings is 1. The number of carbonyl (C=O) groups excluding carboxylic acids is 4. The van der Waals surface area contributed by atoms with Crippen LogP contribution in [0.15, 0.2) is 18.2 Å². The van der Waals surface area contributed by atoms with E-state index in [1.54, 1.807) is 6.92 Å². The molecule has 8 nitrogen and oxygen atoms in total. The van der Waals surface area contributed by atoms with Crippen LogP contribution in [0.3, 0.4) is 0 Å².